The Morgan fingerprint density at radius 1 is 1.00 bits per heavy atom. The number of nitrogens with one attached hydrogen (secondary N) is 2. The molecule has 4 heteroatoms. The van der Waals surface area contributed by atoms with Gasteiger partial charge in [0.1, 0.15) is 5.82 Å². The minimum absolute atomic E-state index is 0.492. The zero-order chi connectivity index (χ0) is 17.6. The van der Waals surface area contributed by atoms with E-state index in [1.54, 1.807) is 24.4 Å². The van der Waals surface area contributed by atoms with Crippen molar-refractivity contribution in [2.45, 2.75) is 13.8 Å². The number of hydrogen-bond acceptors (Lipinski definition) is 4. The number of nitrogens with zero attached hydrogens (tertiary/aromatic N) is 2. The molecule has 0 saturated carbocycles. The molecule has 0 saturated heterocycles. The van der Waals surface area contributed by atoms with Crippen LogP contribution in [0.5, 0.6) is 0 Å². The van der Waals surface area contributed by atoms with Crippen molar-refractivity contribution in [3.8, 4) is 0 Å². The van der Waals surface area contributed by atoms with Crippen LogP contribution in [0, 0.1) is 0 Å². The molecule has 0 spiro atoms. The quantitative estimate of drug-likeness (QED) is 0.618. The van der Waals surface area contributed by atoms with Gasteiger partial charge in [-0.15, -0.1) is 0 Å². The summed E-state index contributed by atoms with van der Waals surface area (Å²) in [7, 11) is 0. The maximum Gasteiger partial charge on any atom is 0.229 e. The zero-order valence-electron chi connectivity index (χ0n) is 14.2. The Hall–Kier alpha value is -3.14. The first kappa shape index (κ1) is 18.9. The van der Waals surface area contributed by atoms with Gasteiger partial charge in [-0.3, -0.25) is 0 Å². The summed E-state index contributed by atoms with van der Waals surface area (Å²) in [5.41, 5.74) is 1.70. The summed E-state index contributed by atoms with van der Waals surface area (Å²) in [5.74, 6) is 1.17. The molecular formula is C20H24N4. The van der Waals surface area contributed by atoms with Gasteiger partial charge in [0, 0.05) is 17.6 Å². The molecule has 0 fully saturated rings. The van der Waals surface area contributed by atoms with Crippen LogP contribution >= 0.6 is 0 Å². The van der Waals surface area contributed by atoms with Gasteiger partial charge in [0.05, 0.1) is 0 Å². The molecule has 0 bridgehead atoms. The Kier molecular flexibility index (Phi) is 9.01. The van der Waals surface area contributed by atoms with Crippen molar-refractivity contribution in [1.29, 1.82) is 0 Å². The first-order valence-corrected chi connectivity index (χ1v) is 7.68. The molecule has 0 radical (unpaired) electrons. The van der Waals surface area contributed by atoms with Crippen molar-refractivity contribution in [3.05, 3.63) is 97.6 Å². The van der Waals surface area contributed by atoms with Crippen molar-refractivity contribution in [3.63, 3.8) is 0 Å². The van der Waals surface area contributed by atoms with E-state index in [0.717, 1.165) is 11.4 Å². The van der Waals surface area contributed by atoms with Crippen LogP contribution in [0.1, 0.15) is 13.8 Å². The molecule has 1 aromatic rings. The van der Waals surface area contributed by atoms with Crippen LogP contribution in [0.4, 0.5) is 11.8 Å². The average molecular weight is 320 g/mol. The average Bonchev–Trinajstić information content (AvgIpc) is 2.59. The first-order valence-electron chi connectivity index (χ1n) is 7.68. The highest BCUT2D eigenvalue weighted by atomic mass is 15.1. The molecule has 4 nitrogen and oxygen atoms in total. The third-order valence-corrected chi connectivity index (χ3v) is 2.75. The maximum absolute atomic E-state index is 4.45. The second-order valence-electron chi connectivity index (χ2n) is 4.61. The number of anilines is 2. The predicted molar refractivity (Wildman–Crippen MR) is 105 cm³/mol. The monoisotopic (exact) mass is 320 g/mol. The summed E-state index contributed by atoms with van der Waals surface area (Å²) in [5, 5.41) is 6.35. The Balaban J connectivity index is 2.92. The molecule has 0 aliphatic heterocycles. The molecule has 1 aromatic heterocycles. The van der Waals surface area contributed by atoms with Crippen LogP contribution in [0.2, 0.25) is 0 Å². The van der Waals surface area contributed by atoms with Gasteiger partial charge in [0.2, 0.25) is 5.95 Å². The summed E-state index contributed by atoms with van der Waals surface area (Å²) in [6.07, 6.45) is 20.6. The second-order valence-corrected chi connectivity index (χ2v) is 4.61. The smallest absolute Gasteiger partial charge is 0.229 e. The van der Waals surface area contributed by atoms with Crippen LogP contribution < -0.4 is 10.6 Å². The predicted octanol–water partition coefficient (Wildman–Crippen LogP) is 5.15. The van der Waals surface area contributed by atoms with Gasteiger partial charge in [-0.05, 0) is 44.2 Å². The highest BCUT2D eigenvalue weighted by molar-refractivity contribution is 5.50. The fourth-order valence-electron chi connectivity index (χ4n) is 1.66. The van der Waals surface area contributed by atoms with E-state index >= 15 is 0 Å². The highest BCUT2D eigenvalue weighted by Gasteiger charge is 2.01. The lowest BCUT2D eigenvalue weighted by Gasteiger charge is -2.09. The van der Waals surface area contributed by atoms with Crippen LogP contribution in [0.25, 0.3) is 0 Å². The molecule has 1 rings (SSSR count). The summed E-state index contributed by atoms with van der Waals surface area (Å²) in [4.78, 5) is 8.67. The third kappa shape index (κ3) is 7.22. The number of hydrogen-bond donors (Lipinski definition) is 2. The topological polar surface area (TPSA) is 49.8 Å². The number of rotatable bonds is 9. The first-order chi connectivity index (χ1) is 11.7. The molecule has 1 heterocycles. The Morgan fingerprint density at radius 3 is 2.46 bits per heavy atom. The van der Waals surface area contributed by atoms with Crippen molar-refractivity contribution in [2.75, 3.05) is 10.6 Å². The van der Waals surface area contributed by atoms with E-state index in [1.165, 1.54) is 0 Å². The van der Waals surface area contributed by atoms with E-state index in [2.05, 4.69) is 33.8 Å². The van der Waals surface area contributed by atoms with Gasteiger partial charge in [0.25, 0.3) is 0 Å². The van der Waals surface area contributed by atoms with E-state index in [4.69, 9.17) is 0 Å². The number of aromatic nitrogens is 2. The zero-order valence-corrected chi connectivity index (χ0v) is 14.2. The lowest BCUT2D eigenvalue weighted by atomic mass is 10.3. The normalized spacial score (nSPS) is 12.9. The Labute approximate surface area is 144 Å². The SMILES string of the molecule is C=C\C=C(/C=C\C=C/C)Nc1ccnc(N/C(C=C)=C/C=C\C)n1. The van der Waals surface area contributed by atoms with Crippen LogP contribution in [-0.4, -0.2) is 9.97 Å². The van der Waals surface area contributed by atoms with Gasteiger partial charge in [0.15, 0.2) is 0 Å². The van der Waals surface area contributed by atoms with Crippen LogP contribution in [0.3, 0.4) is 0 Å². The van der Waals surface area contributed by atoms with E-state index < -0.39 is 0 Å². The minimum atomic E-state index is 0.492. The molecular weight excluding hydrogens is 296 g/mol. The summed E-state index contributed by atoms with van der Waals surface area (Å²) >= 11 is 0. The fraction of sp³-hybridized carbons (Fsp3) is 0.100. The standard InChI is InChI=1S/C20H24N4/c1-5-9-11-14-18(12-7-3)22-19-15-16-21-20(24-19)23-17(8-4)13-10-6-2/h5-16H,3-4H2,1-2H3,(H2,21,22,23,24)/b9-5-,10-6-,14-11-,17-13+,18-12+. The fourth-order valence-corrected chi connectivity index (χ4v) is 1.66. The largest absolute Gasteiger partial charge is 0.340 e. The molecule has 0 atom stereocenters. The van der Waals surface area contributed by atoms with Crippen molar-refractivity contribution < 1.29 is 0 Å². The van der Waals surface area contributed by atoms with Crippen LogP contribution in [0.15, 0.2) is 97.6 Å². The van der Waals surface area contributed by atoms with Gasteiger partial charge in [-0.1, -0.05) is 49.6 Å². The second kappa shape index (κ2) is 11.4. The molecule has 0 aliphatic carbocycles. The maximum atomic E-state index is 4.45. The van der Waals surface area contributed by atoms with Gasteiger partial charge < -0.3 is 10.6 Å². The number of allylic oxidation sites excluding steroid dienone is 10. The van der Waals surface area contributed by atoms with E-state index in [0.29, 0.717) is 11.8 Å². The van der Waals surface area contributed by atoms with E-state index in [9.17, 15) is 0 Å². The molecule has 0 amide bonds. The lowest BCUT2D eigenvalue weighted by molar-refractivity contribution is 1.15. The van der Waals surface area contributed by atoms with Gasteiger partial charge in [-0.25, -0.2) is 4.98 Å². The van der Waals surface area contributed by atoms with Gasteiger partial charge in [-0.2, -0.15) is 4.98 Å². The third-order valence-electron chi connectivity index (χ3n) is 2.75. The molecule has 2 N–H and O–H groups in total. The Bertz CT molecular complexity index is 691. The minimum Gasteiger partial charge on any atom is -0.340 e. The lowest BCUT2D eigenvalue weighted by Crippen LogP contribution is -2.05. The highest BCUT2D eigenvalue weighted by Crippen LogP contribution is 2.12. The van der Waals surface area contributed by atoms with Crippen molar-refractivity contribution in [1.82, 2.24) is 9.97 Å². The molecule has 0 aromatic carbocycles. The molecule has 0 unspecified atom stereocenters. The summed E-state index contributed by atoms with van der Waals surface area (Å²) < 4.78 is 0. The van der Waals surface area contributed by atoms with Crippen LogP contribution in [-0.2, 0) is 0 Å². The van der Waals surface area contributed by atoms with E-state index in [-0.39, 0.29) is 0 Å². The molecule has 124 valence electrons. The summed E-state index contributed by atoms with van der Waals surface area (Å²) in [6.45, 7) is 11.4. The molecule has 0 aliphatic rings. The van der Waals surface area contributed by atoms with Gasteiger partial charge >= 0.3 is 0 Å². The van der Waals surface area contributed by atoms with Crippen molar-refractivity contribution >= 4 is 11.8 Å². The van der Waals surface area contributed by atoms with Crippen molar-refractivity contribution in [2.24, 2.45) is 0 Å². The molecule has 24 heavy (non-hydrogen) atoms. The summed E-state index contributed by atoms with van der Waals surface area (Å²) in [6, 6.07) is 1.80. The Morgan fingerprint density at radius 2 is 1.79 bits per heavy atom. The van der Waals surface area contributed by atoms with E-state index in [1.807, 2.05) is 62.5 Å².